The van der Waals surface area contributed by atoms with Gasteiger partial charge in [0, 0.05) is 12.1 Å². The Morgan fingerprint density at radius 3 is 2.21 bits per heavy atom. The van der Waals surface area contributed by atoms with Crippen LogP contribution in [0.4, 0.5) is 8.78 Å². The van der Waals surface area contributed by atoms with Crippen molar-refractivity contribution >= 4 is 5.91 Å². The first-order chi connectivity index (χ1) is 6.41. The molecule has 0 aliphatic carbocycles. The van der Waals surface area contributed by atoms with Gasteiger partial charge in [-0.25, -0.2) is 8.78 Å². The minimum atomic E-state index is -2.60. The van der Waals surface area contributed by atoms with Crippen LogP contribution < -0.4 is 5.73 Å². The summed E-state index contributed by atoms with van der Waals surface area (Å²) in [5.74, 6) is -3.23. The van der Waals surface area contributed by atoms with Crippen molar-refractivity contribution in [2.45, 2.75) is 19.8 Å². The van der Waals surface area contributed by atoms with E-state index >= 15 is 0 Å². The quantitative estimate of drug-likeness (QED) is 0.700. The molecule has 1 fully saturated rings. The van der Waals surface area contributed by atoms with Gasteiger partial charge in [-0.1, -0.05) is 20.4 Å². The van der Waals surface area contributed by atoms with E-state index in [1.807, 2.05) is 13.8 Å². The number of alkyl halides is 2. The first kappa shape index (κ1) is 13.0. The summed E-state index contributed by atoms with van der Waals surface area (Å²) < 4.78 is 24.5. The van der Waals surface area contributed by atoms with Gasteiger partial charge in [0.1, 0.15) is 0 Å². The van der Waals surface area contributed by atoms with E-state index in [-0.39, 0.29) is 25.2 Å². The highest BCUT2D eigenvalue weighted by Gasteiger charge is 2.43. The average molecular weight is 206 g/mol. The fourth-order valence-corrected chi connectivity index (χ4v) is 1.07. The van der Waals surface area contributed by atoms with Gasteiger partial charge >= 0.3 is 0 Å². The number of hydrogen-bond donors (Lipinski definition) is 1. The number of hydrogen-bond acceptors (Lipinski definition) is 2. The summed E-state index contributed by atoms with van der Waals surface area (Å²) in [5, 5.41) is 0. The second-order valence-electron chi connectivity index (χ2n) is 2.97. The standard InChI is InChI=1S/C7H10F2N2O.C2H6/c1-5(6(10)12)2-11-3-7(8,9)4-11;1-2/h1-4H2,(H2,10,12);1-2H3. The van der Waals surface area contributed by atoms with Gasteiger partial charge in [0.15, 0.2) is 0 Å². The summed E-state index contributed by atoms with van der Waals surface area (Å²) in [6.45, 7) is 6.89. The van der Waals surface area contributed by atoms with E-state index in [9.17, 15) is 13.6 Å². The van der Waals surface area contributed by atoms with E-state index in [1.54, 1.807) is 0 Å². The Labute approximate surface area is 82.6 Å². The van der Waals surface area contributed by atoms with Crippen molar-refractivity contribution < 1.29 is 13.6 Å². The minimum Gasteiger partial charge on any atom is -0.366 e. The molecular weight excluding hydrogens is 190 g/mol. The second kappa shape index (κ2) is 5.05. The Balaban J connectivity index is 0.000000791. The number of primary amides is 1. The molecule has 1 amide bonds. The molecule has 0 saturated carbocycles. The monoisotopic (exact) mass is 206 g/mol. The first-order valence-corrected chi connectivity index (χ1v) is 4.48. The first-order valence-electron chi connectivity index (χ1n) is 4.48. The summed E-state index contributed by atoms with van der Waals surface area (Å²) in [4.78, 5) is 11.9. The normalized spacial score (nSPS) is 18.9. The number of rotatable bonds is 3. The van der Waals surface area contributed by atoms with Crippen molar-refractivity contribution in [3.8, 4) is 0 Å². The molecule has 14 heavy (non-hydrogen) atoms. The molecule has 1 saturated heterocycles. The number of nitrogens with two attached hydrogens (primary N) is 1. The van der Waals surface area contributed by atoms with Crippen molar-refractivity contribution in [3.05, 3.63) is 12.2 Å². The molecule has 0 spiro atoms. The van der Waals surface area contributed by atoms with Crippen LogP contribution in [0.3, 0.4) is 0 Å². The lowest BCUT2D eigenvalue weighted by Gasteiger charge is -2.38. The molecular formula is C9H16F2N2O. The SMILES string of the molecule is C=C(CN1CC(F)(F)C1)C(N)=O.CC. The second-order valence-corrected chi connectivity index (χ2v) is 2.97. The molecule has 0 radical (unpaired) electrons. The average Bonchev–Trinajstić information content (AvgIpc) is 2.04. The molecule has 1 aliphatic rings. The van der Waals surface area contributed by atoms with E-state index in [0.717, 1.165) is 0 Å². The molecule has 0 atom stereocenters. The van der Waals surface area contributed by atoms with Crippen molar-refractivity contribution in [3.63, 3.8) is 0 Å². The number of carbonyl (C=O) groups excluding carboxylic acids is 1. The predicted octanol–water partition coefficient (Wildman–Crippen LogP) is 1.00. The Morgan fingerprint density at radius 1 is 1.50 bits per heavy atom. The van der Waals surface area contributed by atoms with Gasteiger partial charge in [-0.3, -0.25) is 9.69 Å². The third kappa shape index (κ3) is 3.83. The molecule has 1 aliphatic heterocycles. The van der Waals surface area contributed by atoms with Crippen LogP contribution >= 0.6 is 0 Å². The van der Waals surface area contributed by atoms with Crippen molar-refractivity contribution in [1.82, 2.24) is 4.90 Å². The van der Waals surface area contributed by atoms with Crippen LogP contribution in [0.25, 0.3) is 0 Å². The molecule has 0 unspecified atom stereocenters. The zero-order valence-corrected chi connectivity index (χ0v) is 8.52. The topological polar surface area (TPSA) is 46.3 Å². The number of amides is 1. The lowest BCUT2D eigenvalue weighted by atomic mass is 10.1. The maximum absolute atomic E-state index is 12.3. The lowest BCUT2D eigenvalue weighted by molar-refractivity contribution is -0.130. The molecule has 3 nitrogen and oxygen atoms in total. The summed E-state index contributed by atoms with van der Waals surface area (Å²) in [6.07, 6.45) is 0. The highest BCUT2D eigenvalue weighted by atomic mass is 19.3. The van der Waals surface area contributed by atoms with Gasteiger partial charge in [0.25, 0.3) is 5.92 Å². The van der Waals surface area contributed by atoms with Gasteiger partial charge in [-0.15, -0.1) is 0 Å². The molecule has 1 heterocycles. The maximum atomic E-state index is 12.3. The van der Waals surface area contributed by atoms with Crippen LogP contribution in [0.2, 0.25) is 0 Å². The molecule has 5 heteroatoms. The molecule has 2 N–H and O–H groups in total. The van der Waals surface area contributed by atoms with Crippen LogP contribution in [-0.4, -0.2) is 36.4 Å². The molecule has 0 aromatic rings. The van der Waals surface area contributed by atoms with Crippen molar-refractivity contribution in [2.24, 2.45) is 5.73 Å². The van der Waals surface area contributed by atoms with Crippen LogP contribution in [0, 0.1) is 0 Å². The summed E-state index contributed by atoms with van der Waals surface area (Å²) in [7, 11) is 0. The number of carbonyl (C=O) groups is 1. The molecule has 0 aromatic heterocycles. The molecule has 1 rings (SSSR count). The third-order valence-corrected chi connectivity index (χ3v) is 1.67. The van der Waals surface area contributed by atoms with Crippen LogP contribution in [0.1, 0.15) is 13.8 Å². The minimum absolute atomic E-state index is 0.144. The van der Waals surface area contributed by atoms with Gasteiger partial charge in [-0.2, -0.15) is 0 Å². The van der Waals surface area contributed by atoms with Crippen LogP contribution in [-0.2, 0) is 4.79 Å². The zero-order valence-electron chi connectivity index (χ0n) is 8.52. The number of halogens is 2. The van der Waals surface area contributed by atoms with Crippen molar-refractivity contribution in [2.75, 3.05) is 19.6 Å². The molecule has 82 valence electrons. The van der Waals surface area contributed by atoms with E-state index in [2.05, 4.69) is 6.58 Å². The number of nitrogens with zero attached hydrogens (tertiary/aromatic N) is 1. The van der Waals surface area contributed by atoms with Gasteiger partial charge in [0.05, 0.1) is 13.1 Å². The summed E-state index contributed by atoms with van der Waals surface area (Å²) in [5.41, 5.74) is 5.05. The largest absolute Gasteiger partial charge is 0.366 e. The van der Waals surface area contributed by atoms with Gasteiger partial charge in [-0.05, 0) is 0 Å². The van der Waals surface area contributed by atoms with E-state index < -0.39 is 11.8 Å². The molecule has 0 aromatic carbocycles. The third-order valence-electron chi connectivity index (χ3n) is 1.67. The maximum Gasteiger partial charge on any atom is 0.272 e. The predicted molar refractivity (Wildman–Crippen MR) is 51.1 cm³/mol. The summed E-state index contributed by atoms with van der Waals surface area (Å²) >= 11 is 0. The highest BCUT2D eigenvalue weighted by Crippen LogP contribution is 2.26. The zero-order chi connectivity index (χ0) is 11.4. The fourth-order valence-electron chi connectivity index (χ4n) is 1.07. The van der Waals surface area contributed by atoms with E-state index in [1.165, 1.54) is 4.90 Å². The highest BCUT2D eigenvalue weighted by molar-refractivity contribution is 5.91. The summed E-state index contributed by atoms with van der Waals surface area (Å²) in [6, 6.07) is 0. The Morgan fingerprint density at radius 2 is 1.93 bits per heavy atom. The van der Waals surface area contributed by atoms with E-state index in [0.29, 0.717) is 0 Å². The van der Waals surface area contributed by atoms with Crippen molar-refractivity contribution in [1.29, 1.82) is 0 Å². The Hall–Kier alpha value is -0.970. The van der Waals surface area contributed by atoms with E-state index in [4.69, 9.17) is 5.73 Å². The van der Waals surface area contributed by atoms with Gasteiger partial charge in [0.2, 0.25) is 5.91 Å². The van der Waals surface area contributed by atoms with Crippen LogP contribution in [0.5, 0.6) is 0 Å². The number of likely N-dealkylation sites (tertiary alicyclic amines) is 1. The smallest absolute Gasteiger partial charge is 0.272 e. The Kier molecular flexibility index (Phi) is 4.70. The molecule has 0 bridgehead atoms. The van der Waals surface area contributed by atoms with Crippen LogP contribution in [0.15, 0.2) is 12.2 Å². The fraction of sp³-hybridized carbons (Fsp3) is 0.667. The van der Waals surface area contributed by atoms with Gasteiger partial charge < -0.3 is 5.73 Å². The lowest BCUT2D eigenvalue weighted by Crippen LogP contribution is -2.56. The Bertz CT molecular complexity index is 221.